The minimum Gasteiger partial charge on any atom is -0.496 e. The Kier molecular flexibility index (Phi) is 12.5. The summed E-state index contributed by atoms with van der Waals surface area (Å²) in [5.74, 6) is 0.901. The molecule has 1 saturated heterocycles. The number of halogens is 3. The number of carbonyl (C=O) groups is 2. The van der Waals surface area contributed by atoms with Crippen LogP contribution >= 0.6 is 34.8 Å². The molecule has 0 saturated carbocycles. The first-order valence-corrected chi connectivity index (χ1v) is 19.3. The van der Waals surface area contributed by atoms with Crippen LogP contribution in [0.15, 0.2) is 48.7 Å². The van der Waals surface area contributed by atoms with Crippen LogP contribution in [-0.4, -0.2) is 88.5 Å². The van der Waals surface area contributed by atoms with E-state index < -0.39 is 17.8 Å². The molecular weight excluding hydrogens is 765 g/mol. The van der Waals surface area contributed by atoms with E-state index in [4.69, 9.17) is 54.0 Å². The molecule has 0 unspecified atom stereocenters. The van der Waals surface area contributed by atoms with E-state index in [2.05, 4.69) is 21.3 Å². The van der Waals surface area contributed by atoms with E-state index in [-0.39, 0.29) is 30.9 Å². The van der Waals surface area contributed by atoms with Crippen LogP contribution in [-0.2, 0) is 29.0 Å². The lowest BCUT2D eigenvalue weighted by Gasteiger charge is -2.31. The number of nitrogens with zero attached hydrogens (tertiary/aromatic N) is 4. The Morgan fingerprint density at radius 2 is 1.80 bits per heavy atom. The third-order valence-corrected chi connectivity index (χ3v) is 10.7. The zero-order valence-electron chi connectivity index (χ0n) is 31.8. The summed E-state index contributed by atoms with van der Waals surface area (Å²) in [5.41, 5.74) is 5.80. The van der Waals surface area contributed by atoms with Crippen LogP contribution in [0.1, 0.15) is 57.2 Å². The number of ether oxygens (including phenoxy) is 3. The first kappa shape index (κ1) is 40.5. The Morgan fingerprint density at radius 3 is 2.47 bits per heavy atom. The number of methoxy groups -OCH3 is 2. The molecule has 2 atom stereocenters. The van der Waals surface area contributed by atoms with Crippen molar-refractivity contribution in [2.45, 2.75) is 77.8 Å². The highest BCUT2D eigenvalue weighted by Crippen LogP contribution is 2.44. The molecule has 2 aromatic carbocycles. The maximum atomic E-state index is 13.4. The monoisotopic (exact) mass is 809 g/mol. The van der Waals surface area contributed by atoms with Crippen molar-refractivity contribution in [1.82, 2.24) is 25.1 Å². The predicted molar refractivity (Wildman–Crippen MR) is 215 cm³/mol. The van der Waals surface area contributed by atoms with Crippen LogP contribution in [0.4, 0.5) is 4.79 Å². The second-order valence-corrected chi connectivity index (χ2v) is 16.1. The largest absolute Gasteiger partial charge is 0.496 e. The second-order valence-electron chi connectivity index (χ2n) is 15.0. The molecule has 1 fully saturated rings. The topological polar surface area (TPSA) is 126 Å². The zero-order valence-corrected chi connectivity index (χ0v) is 34.1. The third kappa shape index (κ3) is 9.30. The summed E-state index contributed by atoms with van der Waals surface area (Å²) in [6.45, 7) is 9.53. The number of β-amino-alcohol motifs (C(OH)–C–C–N with tert-alkyl or cyclic N) is 1. The van der Waals surface area contributed by atoms with Crippen molar-refractivity contribution < 1.29 is 28.9 Å². The van der Waals surface area contributed by atoms with Crippen molar-refractivity contribution >= 4 is 46.8 Å². The highest BCUT2D eigenvalue weighted by molar-refractivity contribution is 6.39. The Morgan fingerprint density at radius 1 is 1.05 bits per heavy atom. The van der Waals surface area contributed by atoms with Gasteiger partial charge >= 0.3 is 6.09 Å². The SMILES string of the molecule is COc1cc(-c2nccc(-c3cccc(-c4cc(Cl)c(CN(C[C@@H]5CCC(=O)N5)C(=O)OC(C)(C)C)c(OC)n4)c3Cl)c2Cl)cc2c1CN(C[C@H](C)O)CC2. The van der Waals surface area contributed by atoms with E-state index in [9.17, 15) is 14.7 Å². The molecule has 0 radical (unpaired) electrons. The second kappa shape index (κ2) is 16.9. The lowest BCUT2D eigenvalue weighted by molar-refractivity contribution is -0.119. The van der Waals surface area contributed by atoms with E-state index in [1.165, 1.54) is 12.0 Å². The number of carbonyl (C=O) groups excluding carboxylic acids is 2. The average Bonchev–Trinajstić information content (AvgIpc) is 3.55. The fourth-order valence-corrected chi connectivity index (χ4v) is 7.99. The molecule has 292 valence electrons. The van der Waals surface area contributed by atoms with Gasteiger partial charge in [-0.25, -0.2) is 9.78 Å². The van der Waals surface area contributed by atoms with E-state index in [1.54, 1.807) is 47.1 Å². The minimum absolute atomic E-state index is 0.0351. The van der Waals surface area contributed by atoms with E-state index in [0.717, 1.165) is 35.4 Å². The lowest BCUT2D eigenvalue weighted by atomic mass is 9.93. The number of pyridine rings is 2. The summed E-state index contributed by atoms with van der Waals surface area (Å²) >= 11 is 21.3. The van der Waals surface area contributed by atoms with Gasteiger partial charge in [-0.1, -0.05) is 53.0 Å². The molecule has 2 amide bonds. The van der Waals surface area contributed by atoms with Gasteiger partial charge in [0.15, 0.2) is 0 Å². The van der Waals surface area contributed by atoms with E-state index >= 15 is 0 Å². The van der Waals surface area contributed by atoms with Crippen molar-refractivity contribution in [2.24, 2.45) is 0 Å². The Hall–Kier alpha value is -4.13. The highest BCUT2D eigenvalue weighted by Gasteiger charge is 2.31. The van der Waals surface area contributed by atoms with Gasteiger partial charge in [-0.3, -0.25) is 14.7 Å². The van der Waals surface area contributed by atoms with Crippen LogP contribution in [0.2, 0.25) is 15.1 Å². The number of fused-ring (bicyclic) bond motifs is 1. The lowest BCUT2D eigenvalue weighted by Crippen LogP contribution is -2.43. The van der Waals surface area contributed by atoms with Crippen molar-refractivity contribution in [3.63, 3.8) is 0 Å². The van der Waals surface area contributed by atoms with E-state index in [1.807, 2.05) is 30.3 Å². The number of nitrogens with one attached hydrogen (secondary N) is 1. The number of hydrogen-bond acceptors (Lipinski definition) is 9. The van der Waals surface area contributed by atoms with Crippen molar-refractivity contribution in [3.05, 3.63) is 80.4 Å². The molecule has 2 N–H and O–H groups in total. The van der Waals surface area contributed by atoms with Crippen LogP contribution < -0.4 is 14.8 Å². The molecule has 0 spiro atoms. The quantitative estimate of drug-likeness (QED) is 0.154. The van der Waals surface area contributed by atoms with Gasteiger partial charge in [-0.05, 0) is 70.4 Å². The number of aromatic nitrogens is 2. The summed E-state index contributed by atoms with van der Waals surface area (Å²) in [4.78, 5) is 38.5. The summed E-state index contributed by atoms with van der Waals surface area (Å²) in [5, 5.41) is 14.0. The predicted octanol–water partition coefficient (Wildman–Crippen LogP) is 8.21. The molecule has 4 heterocycles. The first-order chi connectivity index (χ1) is 26.1. The molecule has 0 aliphatic carbocycles. The fraction of sp³-hybridized carbons (Fsp3) is 0.415. The summed E-state index contributed by atoms with van der Waals surface area (Å²) < 4.78 is 17.3. The van der Waals surface area contributed by atoms with Gasteiger partial charge in [-0.2, -0.15) is 0 Å². The first-order valence-electron chi connectivity index (χ1n) is 18.2. The molecule has 14 heteroatoms. The average molecular weight is 811 g/mol. The number of amides is 2. The van der Waals surface area contributed by atoms with Gasteiger partial charge in [0.25, 0.3) is 0 Å². The molecule has 2 aliphatic rings. The molecule has 4 aromatic rings. The van der Waals surface area contributed by atoms with Crippen molar-refractivity contribution in [1.29, 1.82) is 0 Å². The highest BCUT2D eigenvalue weighted by atomic mass is 35.5. The fourth-order valence-electron chi connectivity index (χ4n) is 7.10. The smallest absolute Gasteiger partial charge is 0.410 e. The number of aliphatic hydroxyl groups is 1. The molecule has 0 bridgehead atoms. The maximum Gasteiger partial charge on any atom is 0.410 e. The van der Waals surface area contributed by atoms with Crippen LogP contribution in [0.25, 0.3) is 33.6 Å². The van der Waals surface area contributed by atoms with Crippen LogP contribution in [0.5, 0.6) is 11.6 Å². The molecule has 55 heavy (non-hydrogen) atoms. The molecule has 6 rings (SSSR count). The van der Waals surface area contributed by atoms with Crippen molar-refractivity contribution in [3.8, 4) is 45.3 Å². The number of rotatable bonds is 11. The summed E-state index contributed by atoms with van der Waals surface area (Å²) in [6, 6.07) is 12.9. The van der Waals surface area contributed by atoms with E-state index in [0.29, 0.717) is 74.6 Å². The molecule has 2 aromatic heterocycles. The Labute approximate surface area is 336 Å². The van der Waals surface area contributed by atoms with Gasteiger partial charge in [0.2, 0.25) is 11.8 Å². The number of hydrogen-bond donors (Lipinski definition) is 2. The minimum atomic E-state index is -0.736. The van der Waals surface area contributed by atoms with Crippen LogP contribution in [0, 0.1) is 0 Å². The summed E-state index contributed by atoms with van der Waals surface area (Å²) in [7, 11) is 3.14. The maximum absolute atomic E-state index is 13.4. The van der Waals surface area contributed by atoms with Crippen LogP contribution in [0.3, 0.4) is 0 Å². The van der Waals surface area contributed by atoms with Gasteiger partial charge in [0.1, 0.15) is 11.4 Å². The Bertz CT molecular complexity index is 2070. The number of aliphatic hydroxyl groups excluding tert-OH is 1. The van der Waals surface area contributed by atoms with Gasteiger partial charge in [0, 0.05) is 72.7 Å². The molecule has 2 aliphatic heterocycles. The molecular formula is C41H46Cl3N5O6. The summed E-state index contributed by atoms with van der Waals surface area (Å²) in [6.07, 6.45) is 2.53. The Balaban J connectivity index is 1.32. The van der Waals surface area contributed by atoms with Crippen molar-refractivity contribution in [2.75, 3.05) is 33.9 Å². The van der Waals surface area contributed by atoms with Gasteiger partial charge in [-0.15, -0.1) is 0 Å². The van der Waals surface area contributed by atoms with Gasteiger partial charge in [0.05, 0.1) is 58.9 Å². The standard InChI is InChI=1S/C41H46Cl3N5O6/c1-23(50)19-48-15-13-24-16-25(17-34(53-5)30(24)21-48)38-37(44)28(12-14-45-38)27-8-7-9-29(36(27)43)33-18-32(42)31(39(47-33)54-6)22-49(40(52)55-41(2,3)4)20-26-10-11-35(51)46-26/h7-9,12,14,16-18,23,26,50H,10-11,13,15,19-22H2,1-6H3,(H,46,51)/t23-,26-/m0/s1. The molecule has 11 nitrogen and oxygen atoms in total. The normalized spacial score (nSPS) is 16.3. The number of benzene rings is 2. The van der Waals surface area contributed by atoms with Gasteiger partial charge < -0.3 is 29.5 Å². The third-order valence-electron chi connectivity index (χ3n) is 9.60. The zero-order chi connectivity index (χ0) is 39.6.